The molecule has 1 aliphatic rings. The predicted molar refractivity (Wildman–Crippen MR) is 70.0 cm³/mol. The first-order valence-corrected chi connectivity index (χ1v) is 6.65. The fourth-order valence-electron chi connectivity index (χ4n) is 2.00. The monoisotopic (exact) mass is 315 g/mol. The lowest BCUT2D eigenvalue weighted by Crippen LogP contribution is -2.49. The molecule has 0 aromatic heterocycles. The molecule has 1 saturated heterocycles. The Labute approximate surface area is 114 Å². The van der Waals surface area contributed by atoms with Crippen LogP contribution in [0.4, 0.5) is 4.39 Å². The van der Waals surface area contributed by atoms with E-state index in [9.17, 15) is 9.18 Å². The van der Waals surface area contributed by atoms with Crippen molar-refractivity contribution in [1.82, 2.24) is 5.32 Å². The second-order valence-electron chi connectivity index (χ2n) is 4.72. The van der Waals surface area contributed by atoms with Gasteiger partial charge in [-0.2, -0.15) is 0 Å². The van der Waals surface area contributed by atoms with Crippen LogP contribution in [-0.4, -0.2) is 24.7 Å². The van der Waals surface area contributed by atoms with Crippen LogP contribution < -0.4 is 5.32 Å². The first-order chi connectivity index (χ1) is 8.52. The van der Waals surface area contributed by atoms with Crippen molar-refractivity contribution in [3.05, 3.63) is 34.1 Å². The molecule has 0 radical (unpaired) electrons. The molecule has 1 aromatic carbocycles. The summed E-state index contributed by atoms with van der Waals surface area (Å²) in [7, 11) is 0. The quantitative estimate of drug-likeness (QED) is 0.911. The molecule has 18 heavy (non-hydrogen) atoms. The number of halogens is 2. The van der Waals surface area contributed by atoms with Crippen LogP contribution in [0.1, 0.15) is 30.1 Å². The summed E-state index contributed by atoms with van der Waals surface area (Å²) in [5.74, 6) is -0.901. The van der Waals surface area contributed by atoms with Crippen LogP contribution in [0.15, 0.2) is 22.7 Å². The molecule has 1 N–H and O–H groups in total. The molecule has 0 spiro atoms. The topological polar surface area (TPSA) is 38.3 Å². The molecule has 3 nitrogen and oxygen atoms in total. The van der Waals surface area contributed by atoms with E-state index < -0.39 is 5.82 Å². The number of ether oxygens (including phenoxy) is 1. The third-order valence-corrected chi connectivity index (χ3v) is 3.86. The van der Waals surface area contributed by atoms with Crippen molar-refractivity contribution >= 4 is 21.8 Å². The molecule has 0 unspecified atom stereocenters. The molecule has 0 bridgehead atoms. The molecule has 1 heterocycles. The lowest BCUT2D eigenvalue weighted by Gasteiger charge is -2.34. The van der Waals surface area contributed by atoms with Crippen molar-refractivity contribution in [3.63, 3.8) is 0 Å². The molecule has 0 atom stereocenters. The van der Waals surface area contributed by atoms with E-state index in [0.717, 1.165) is 12.8 Å². The van der Waals surface area contributed by atoms with E-state index in [2.05, 4.69) is 21.2 Å². The maximum absolute atomic E-state index is 13.7. The lowest BCUT2D eigenvalue weighted by molar-refractivity contribution is 0.0421. The minimum Gasteiger partial charge on any atom is -0.381 e. The number of rotatable bonds is 2. The van der Waals surface area contributed by atoms with E-state index in [0.29, 0.717) is 17.7 Å². The van der Waals surface area contributed by atoms with Gasteiger partial charge in [-0.1, -0.05) is 6.07 Å². The Morgan fingerprint density at radius 3 is 2.72 bits per heavy atom. The van der Waals surface area contributed by atoms with E-state index in [1.165, 1.54) is 6.07 Å². The molecule has 0 aliphatic carbocycles. The van der Waals surface area contributed by atoms with Crippen molar-refractivity contribution < 1.29 is 13.9 Å². The number of nitrogens with one attached hydrogen (secondary N) is 1. The van der Waals surface area contributed by atoms with Crippen molar-refractivity contribution in [2.45, 2.75) is 25.3 Å². The molecular weight excluding hydrogens is 301 g/mol. The van der Waals surface area contributed by atoms with Crippen molar-refractivity contribution in [1.29, 1.82) is 0 Å². The van der Waals surface area contributed by atoms with Gasteiger partial charge in [-0.25, -0.2) is 4.39 Å². The van der Waals surface area contributed by atoms with Gasteiger partial charge in [-0.05, 0) is 47.8 Å². The van der Waals surface area contributed by atoms with Crippen molar-refractivity contribution in [2.75, 3.05) is 13.2 Å². The minimum atomic E-state index is -0.516. The van der Waals surface area contributed by atoms with Crippen LogP contribution in [0.5, 0.6) is 0 Å². The van der Waals surface area contributed by atoms with E-state index in [1.54, 1.807) is 12.1 Å². The normalized spacial score (nSPS) is 18.4. The molecule has 98 valence electrons. The van der Waals surface area contributed by atoms with Gasteiger partial charge in [-0.15, -0.1) is 0 Å². The summed E-state index contributed by atoms with van der Waals surface area (Å²) in [5.41, 5.74) is -0.262. The van der Waals surface area contributed by atoms with Crippen LogP contribution in [-0.2, 0) is 4.74 Å². The molecular formula is C13H15BrFNO2. The summed E-state index contributed by atoms with van der Waals surface area (Å²) in [6, 6.07) is 4.50. The van der Waals surface area contributed by atoms with Gasteiger partial charge in [0.15, 0.2) is 0 Å². The SMILES string of the molecule is CC1(NC(=O)c2c(F)cccc2Br)CCOCC1. The molecule has 0 saturated carbocycles. The first-order valence-electron chi connectivity index (χ1n) is 5.86. The number of hydrogen-bond acceptors (Lipinski definition) is 2. The standard InChI is InChI=1S/C13H15BrFNO2/c1-13(5-7-18-8-6-13)16-12(17)11-9(14)3-2-4-10(11)15/h2-4H,5-8H2,1H3,(H,16,17). The fourth-order valence-corrected chi connectivity index (χ4v) is 2.52. The average Bonchev–Trinajstić information content (AvgIpc) is 2.28. The molecule has 2 rings (SSSR count). The van der Waals surface area contributed by atoms with Gasteiger partial charge in [0.2, 0.25) is 0 Å². The Bertz CT molecular complexity index is 438. The highest BCUT2D eigenvalue weighted by Crippen LogP contribution is 2.23. The third-order valence-electron chi connectivity index (χ3n) is 3.20. The van der Waals surface area contributed by atoms with E-state index in [-0.39, 0.29) is 17.0 Å². The Morgan fingerprint density at radius 1 is 1.44 bits per heavy atom. The smallest absolute Gasteiger partial charge is 0.255 e. The Kier molecular flexibility index (Phi) is 4.02. The van der Waals surface area contributed by atoms with Gasteiger partial charge in [0, 0.05) is 23.2 Å². The predicted octanol–water partition coefficient (Wildman–Crippen LogP) is 2.89. The highest BCUT2D eigenvalue weighted by Gasteiger charge is 2.30. The molecule has 1 amide bonds. The van der Waals surface area contributed by atoms with E-state index in [1.807, 2.05) is 6.92 Å². The maximum atomic E-state index is 13.7. The minimum absolute atomic E-state index is 0.0604. The Hall–Kier alpha value is -0.940. The first kappa shape index (κ1) is 13.5. The maximum Gasteiger partial charge on any atom is 0.255 e. The van der Waals surface area contributed by atoms with Gasteiger partial charge in [0.25, 0.3) is 5.91 Å². The highest BCUT2D eigenvalue weighted by atomic mass is 79.9. The van der Waals surface area contributed by atoms with Crippen LogP contribution in [0.2, 0.25) is 0 Å². The molecule has 5 heteroatoms. The van der Waals surface area contributed by atoms with Gasteiger partial charge in [0.05, 0.1) is 5.56 Å². The van der Waals surface area contributed by atoms with Gasteiger partial charge in [0.1, 0.15) is 5.82 Å². The summed E-state index contributed by atoms with van der Waals surface area (Å²) in [6.07, 6.45) is 1.48. The number of carbonyl (C=O) groups excluding carboxylic acids is 1. The lowest BCUT2D eigenvalue weighted by atomic mass is 9.92. The summed E-state index contributed by atoms with van der Waals surface area (Å²) < 4.78 is 19.4. The number of benzene rings is 1. The second-order valence-corrected chi connectivity index (χ2v) is 5.58. The average molecular weight is 316 g/mol. The van der Waals surface area contributed by atoms with Crippen LogP contribution in [0, 0.1) is 5.82 Å². The van der Waals surface area contributed by atoms with Gasteiger partial charge >= 0.3 is 0 Å². The number of amides is 1. The van der Waals surface area contributed by atoms with Crippen LogP contribution in [0.25, 0.3) is 0 Å². The second kappa shape index (κ2) is 5.36. The zero-order valence-electron chi connectivity index (χ0n) is 10.1. The summed E-state index contributed by atoms with van der Waals surface area (Å²) in [4.78, 5) is 12.1. The van der Waals surface area contributed by atoms with E-state index >= 15 is 0 Å². The zero-order chi connectivity index (χ0) is 13.2. The Morgan fingerprint density at radius 2 is 2.11 bits per heavy atom. The molecule has 1 aromatic rings. The van der Waals surface area contributed by atoms with Crippen LogP contribution in [0.3, 0.4) is 0 Å². The fraction of sp³-hybridized carbons (Fsp3) is 0.462. The third kappa shape index (κ3) is 2.90. The van der Waals surface area contributed by atoms with Crippen molar-refractivity contribution in [2.24, 2.45) is 0 Å². The summed E-state index contributed by atoms with van der Waals surface area (Å²) in [5, 5.41) is 2.90. The highest BCUT2D eigenvalue weighted by molar-refractivity contribution is 9.10. The summed E-state index contributed by atoms with van der Waals surface area (Å²) >= 11 is 3.20. The Balaban J connectivity index is 2.17. The summed E-state index contributed by atoms with van der Waals surface area (Å²) in [6.45, 7) is 3.20. The van der Waals surface area contributed by atoms with Gasteiger partial charge < -0.3 is 10.1 Å². The van der Waals surface area contributed by atoms with Crippen molar-refractivity contribution in [3.8, 4) is 0 Å². The molecule has 1 aliphatic heterocycles. The van der Waals surface area contributed by atoms with Crippen LogP contribution >= 0.6 is 15.9 Å². The van der Waals surface area contributed by atoms with Gasteiger partial charge in [-0.3, -0.25) is 4.79 Å². The van der Waals surface area contributed by atoms with E-state index in [4.69, 9.17) is 4.74 Å². The zero-order valence-corrected chi connectivity index (χ0v) is 11.7. The largest absolute Gasteiger partial charge is 0.381 e. The number of hydrogen-bond donors (Lipinski definition) is 1. The number of carbonyl (C=O) groups is 1. The molecule has 1 fully saturated rings.